The Hall–Kier alpha value is -2.45. The van der Waals surface area contributed by atoms with Crippen molar-refractivity contribution >= 4 is 28.0 Å². The van der Waals surface area contributed by atoms with Crippen LogP contribution in [0.1, 0.15) is 10.4 Å². The second-order valence-electron chi connectivity index (χ2n) is 3.98. The molecule has 0 atom stereocenters. The smallest absolute Gasteiger partial charge is 0.161 e. The molecule has 0 aliphatic carbocycles. The van der Waals surface area contributed by atoms with E-state index in [1.165, 1.54) is 11.3 Å². The first-order valence-corrected chi connectivity index (χ1v) is 6.69. The summed E-state index contributed by atoms with van der Waals surface area (Å²) in [7, 11) is 3.14. The molecule has 1 heterocycles. The Bertz CT molecular complexity index is 683. The molecule has 2 aromatic rings. The van der Waals surface area contributed by atoms with Crippen molar-refractivity contribution < 1.29 is 9.47 Å². The molecule has 0 saturated heterocycles. The van der Waals surface area contributed by atoms with Crippen molar-refractivity contribution in [3.63, 3.8) is 0 Å². The van der Waals surface area contributed by atoms with Crippen molar-refractivity contribution in [3.8, 4) is 17.6 Å². The standard InChI is InChI=1S/C15H14N2O2S/c1-18-13-5-3-10(8-14(13)19-2)11(9-16)7-12-4-6-15(17)20-12/h3-8H,17H2,1-2H3/b11-7+. The lowest BCUT2D eigenvalue weighted by atomic mass is 10.1. The van der Waals surface area contributed by atoms with Crippen molar-refractivity contribution in [2.45, 2.75) is 0 Å². The third kappa shape index (κ3) is 2.92. The van der Waals surface area contributed by atoms with Crippen molar-refractivity contribution in [1.29, 1.82) is 5.26 Å². The van der Waals surface area contributed by atoms with Gasteiger partial charge in [-0.15, -0.1) is 11.3 Å². The van der Waals surface area contributed by atoms with Crippen LogP contribution in [-0.2, 0) is 0 Å². The first-order valence-electron chi connectivity index (χ1n) is 5.87. The molecule has 102 valence electrons. The molecule has 2 rings (SSSR count). The van der Waals surface area contributed by atoms with E-state index in [9.17, 15) is 5.26 Å². The molecular formula is C15H14N2O2S. The molecule has 0 radical (unpaired) electrons. The number of nitrogen functional groups attached to an aromatic ring is 1. The third-order valence-electron chi connectivity index (χ3n) is 2.75. The van der Waals surface area contributed by atoms with E-state index in [4.69, 9.17) is 15.2 Å². The molecule has 5 heteroatoms. The predicted molar refractivity (Wildman–Crippen MR) is 81.8 cm³/mol. The van der Waals surface area contributed by atoms with Crippen molar-refractivity contribution in [2.75, 3.05) is 20.0 Å². The fourth-order valence-corrected chi connectivity index (χ4v) is 2.49. The normalized spacial score (nSPS) is 10.9. The fourth-order valence-electron chi connectivity index (χ4n) is 1.77. The minimum absolute atomic E-state index is 0.549. The van der Waals surface area contributed by atoms with E-state index < -0.39 is 0 Å². The number of anilines is 1. The summed E-state index contributed by atoms with van der Waals surface area (Å²) in [6.45, 7) is 0. The average molecular weight is 286 g/mol. The second kappa shape index (κ2) is 6.13. The van der Waals surface area contributed by atoms with Crippen LogP contribution >= 0.6 is 11.3 Å². The quantitative estimate of drug-likeness (QED) is 0.874. The van der Waals surface area contributed by atoms with Crippen LogP contribution in [0.15, 0.2) is 30.3 Å². The molecule has 0 unspecified atom stereocenters. The number of benzene rings is 1. The van der Waals surface area contributed by atoms with Crippen molar-refractivity contribution in [3.05, 3.63) is 40.8 Å². The Morgan fingerprint density at radius 3 is 2.50 bits per heavy atom. The van der Waals surface area contributed by atoms with Gasteiger partial charge in [0.15, 0.2) is 11.5 Å². The van der Waals surface area contributed by atoms with Gasteiger partial charge in [-0.1, -0.05) is 0 Å². The maximum Gasteiger partial charge on any atom is 0.161 e. The van der Waals surface area contributed by atoms with Crippen LogP contribution in [-0.4, -0.2) is 14.2 Å². The Labute approximate surface area is 121 Å². The maximum atomic E-state index is 9.32. The number of nitriles is 1. The predicted octanol–water partition coefficient (Wildman–Crippen LogP) is 3.41. The van der Waals surface area contributed by atoms with Gasteiger partial charge in [0.05, 0.1) is 30.9 Å². The van der Waals surface area contributed by atoms with Gasteiger partial charge in [0.2, 0.25) is 0 Å². The Balaban J connectivity index is 2.42. The van der Waals surface area contributed by atoms with Gasteiger partial charge >= 0.3 is 0 Å². The number of hydrogen-bond donors (Lipinski definition) is 1. The minimum atomic E-state index is 0.549. The number of allylic oxidation sites excluding steroid dienone is 1. The van der Waals surface area contributed by atoms with Crippen molar-refractivity contribution in [2.24, 2.45) is 0 Å². The van der Waals surface area contributed by atoms with Crippen LogP contribution in [0.4, 0.5) is 5.00 Å². The molecule has 1 aromatic carbocycles. The summed E-state index contributed by atoms with van der Waals surface area (Å²) < 4.78 is 10.4. The molecule has 0 amide bonds. The van der Waals surface area contributed by atoms with E-state index in [0.29, 0.717) is 17.1 Å². The molecule has 1 aromatic heterocycles. The summed E-state index contributed by atoms with van der Waals surface area (Å²) in [6, 6.07) is 11.3. The summed E-state index contributed by atoms with van der Waals surface area (Å²) in [5.41, 5.74) is 7.01. The second-order valence-corrected chi connectivity index (χ2v) is 5.13. The largest absolute Gasteiger partial charge is 0.493 e. The summed E-state index contributed by atoms with van der Waals surface area (Å²) >= 11 is 1.44. The molecule has 2 N–H and O–H groups in total. The SMILES string of the molecule is COc1ccc(/C(C#N)=C/c2ccc(N)s2)cc1OC. The van der Waals surface area contributed by atoms with Gasteiger partial charge in [0.1, 0.15) is 0 Å². The number of rotatable bonds is 4. The Morgan fingerprint density at radius 2 is 1.95 bits per heavy atom. The highest BCUT2D eigenvalue weighted by Crippen LogP contribution is 2.31. The monoisotopic (exact) mass is 286 g/mol. The highest BCUT2D eigenvalue weighted by atomic mass is 32.1. The molecule has 0 aliphatic rings. The van der Waals surface area contributed by atoms with E-state index in [1.807, 2.05) is 24.3 Å². The summed E-state index contributed by atoms with van der Waals surface area (Å²) in [6.07, 6.45) is 1.81. The Kier molecular flexibility index (Phi) is 4.28. The van der Waals surface area contributed by atoms with Crippen LogP contribution in [0.5, 0.6) is 11.5 Å². The van der Waals surface area contributed by atoms with E-state index in [0.717, 1.165) is 15.4 Å². The first-order chi connectivity index (χ1) is 9.67. The summed E-state index contributed by atoms with van der Waals surface area (Å²) in [5, 5.41) is 10.0. The maximum absolute atomic E-state index is 9.32. The molecule has 20 heavy (non-hydrogen) atoms. The zero-order valence-corrected chi connectivity index (χ0v) is 12.0. The zero-order valence-electron chi connectivity index (χ0n) is 11.2. The Morgan fingerprint density at radius 1 is 1.20 bits per heavy atom. The molecule has 0 aliphatic heterocycles. The van der Waals surface area contributed by atoms with Gasteiger partial charge in [0, 0.05) is 4.88 Å². The number of hydrogen-bond acceptors (Lipinski definition) is 5. The van der Waals surface area contributed by atoms with E-state index in [2.05, 4.69) is 6.07 Å². The van der Waals surface area contributed by atoms with Gasteiger partial charge in [0.25, 0.3) is 0 Å². The number of nitrogens with two attached hydrogens (primary N) is 1. The molecule has 0 bridgehead atoms. The van der Waals surface area contributed by atoms with Gasteiger partial charge in [-0.05, 0) is 42.0 Å². The van der Waals surface area contributed by atoms with Gasteiger partial charge in [-0.3, -0.25) is 0 Å². The number of thiophene rings is 1. The summed E-state index contributed by atoms with van der Waals surface area (Å²) in [5.74, 6) is 1.23. The van der Waals surface area contributed by atoms with Crippen LogP contribution in [0.2, 0.25) is 0 Å². The van der Waals surface area contributed by atoms with Crippen LogP contribution in [0.25, 0.3) is 11.6 Å². The third-order valence-corrected chi connectivity index (χ3v) is 3.61. The van der Waals surface area contributed by atoms with Gasteiger partial charge in [-0.2, -0.15) is 5.26 Å². The molecule has 4 nitrogen and oxygen atoms in total. The minimum Gasteiger partial charge on any atom is -0.493 e. The molecular weight excluding hydrogens is 272 g/mol. The fraction of sp³-hybridized carbons (Fsp3) is 0.133. The highest BCUT2D eigenvalue weighted by molar-refractivity contribution is 7.16. The van der Waals surface area contributed by atoms with E-state index in [-0.39, 0.29) is 0 Å². The van der Waals surface area contributed by atoms with E-state index in [1.54, 1.807) is 26.4 Å². The van der Waals surface area contributed by atoms with Crippen LogP contribution in [0.3, 0.4) is 0 Å². The van der Waals surface area contributed by atoms with Crippen LogP contribution in [0, 0.1) is 11.3 Å². The number of nitrogens with zero attached hydrogens (tertiary/aromatic N) is 1. The zero-order chi connectivity index (χ0) is 14.5. The number of methoxy groups -OCH3 is 2. The number of ether oxygens (including phenoxy) is 2. The molecule has 0 fully saturated rings. The van der Waals surface area contributed by atoms with Gasteiger partial charge in [-0.25, -0.2) is 0 Å². The lowest BCUT2D eigenvalue weighted by Gasteiger charge is -2.08. The van der Waals surface area contributed by atoms with Gasteiger partial charge < -0.3 is 15.2 Å². The molecule has 0 spiro atoms. The first kappa shape index (κ1) is 14.0. The lowest BCUT2D eigenvalue weighted by molar-refractivity contribution is 0.355. The highest BCUT2D eigenvalue weighted by Gasteiger charge is 2.08. The molecule has 0 saturated carbocycles. The topological polar surface area (TPSA) is 68.3 Å². The summed E-state index contributed by atoms with van der Waals surface area (Å²) in [4.78, 5) is 0.939. The van der Waals surface area contributed by atoms with Crippen molar-refractivity contribution in [1.82, 2.24) is 0 Å². The van der Waals surface area contributed by atoms with E-state index >= 15 is 0 Å². The van der Waals surface area contributed by atoms with Crippen LogP contribution < -0.4 is 15.2 Å². The lowest BCUT2D eigenvalue weighted by Crippen LogP contribution is -1.92. The average Bonchev–Trinajstić information content (AvgIpc) is 2.89.